The van der Waals surface area contributed by atoms with Crippen LogP contribution < -0.4 is 5.32 Å². The Hall–Kier alpha value is -1.47. The standard InChI is InChI=1S/C11H13ClN4O2S/c1-5-7(13-10(12)19-5)8-14-9(16-18-8)11(3,4)15-6(2)17/h1-4H3,(H,15,17). The van der Waals surface area contributed by atoms with Crippen molar-refractivity contribution in [3.05, 3.63) is 15.2 Å². The van der Waals surface area contributed by atoms with Crippen molar-refractivity contribution < 1.29 is 9.32 Å². The van der Waals surface area contributed by atoms with E-state index in [1.807, 2.05) is 6.92 Å². The number of aromatic nitrogens is 3. The molecule has 0 fully saturated rings. The van der Waals surface area contributed by atoms with Crippen LogP contribution in [0.5, 0.6) is 0 Å². The molecule has 2 heterocycles. The molecule has 0 spiro atoms. The summed E-state index contributed by atoms with van der Waals surface area (Å²) < 4.78 is 5.61. The maximum Gasteiger partial charge on any atom is 0.277 e. The van der Waals surface area contributed by atoms with E-state index in [0.29, 0.717) is 21.9 Å². The third-order valence-corrected chi connectivity index (χ3v) is 3.52. The number of halogens is 1. The molecule has 2 aromatic rings. The normalized spacial score (nSPS) is 11.6. The monoisotopic (exact) mass is 300 g/mol. The maximum atomic E-state index is 11.1. The Morgan fingerprint density at radius 1 is 1.42 bits per heavy atom. The molecule has 8 heteroatoms. The number of amides is 1. The lowest BCUT2D eigenvalue weighted by Gasteiger charge is -2.20. The van der Waals surface area contributed by atoms with Gasteiger partial charge in [0, 0.05) is 11.8 Å². The second kappa shape index (κ2) is 4.90. The highest BCUT2D eigenvalue weighted by Crippen LogP contribution is 2.30. The number of hydrogen-bond donors (Lipinski definition) is 1. The van der Waals surface area contributed by atoms with E-state index in [9.17, 15) is 4.79 Å². The van der Waals surface area contributed by atoms with Crippen molar-refractivity contribution in [1.29, 1.82) is 0 Å². The Balaban J connectivity index is 2.34. The number of nitrogens with one attached hydrogen (secondary N) is 1. The quantitative estimate of drug-likeness (QED) is 0.942. The van der Waals surface area contributed by atoms with Crippen molar-refractivity contribution in [3.63, 3.8) is 0 Å². The Labute approximate surface area is 119 Å². The zero-order chi connectivity index (χ0) is 14.2. The van der Waals surface area contributed by atoms with Crippen molar-refractivity contribution in [2.75, 3.05) is 0 Å². The summed E-state index contributed by atoms with van der Waals surface area (Å²) in [5.74, 6) is 0.527. The molecule has 102 valence electrons. The van der Waals surface area contributed by atoms with Crippen molar-refractivity contribution in [2.24, 2.45) is 0 Å². The minimum Gasteiger partial charge on any atom is -0.344 e. The largest absolute Gasteiger partial charge is 0.344 e. The highest BCUT2D eigenvalue weighted by molar-refractivity contribution is 7.16. The molecule has 0 aliphatic heterocycles. The molecule has 19 heavy (non-hydrogen) atoms. The van der Waals surface area contributed by atoms with Gasteiger partial charge in [0.1, 0.15) is 5.69 Å². The van der Waals surface area contributed by atoms with Crippen LogP contribution in [0, 0.1) is 6.92 Å². The summed E-state index contributed by atoms with van der Waals surface area (Å²) in [6.07, 6.45) is 0. The van der Waals surface area contributed by atoms with Gasteiger partial charge in [-0.1, -0.05) is 16.8 Å². The van der Waals surface area contributed by atoms with Crippen molar-refractivity contribution >= 4 is 28.8 Å². The van der Waals surface area contributed by atoms with Gasteiger partial charge in [0.25, 0.3) is 5.89 Å². The number of carbonyl (C=O) groups excluding carboxylic acids is 1. The van der Waals surface area contributed by atoms with Crippen LogP contribution in [0.25, 0.3) is 11.6 Å². The van der Waals surface area contributed by atoms with E-state index in [2.05, 4.69) is 20.4 Å². The molecule has 0 aliphatic rings. The number of carbonyl (C=O) groups is 1. The number of hydrogen-bond acceptors (Lipinski definition) is 6. The Morgan fingerprint density at radius 2 is 2.11 bits per heavy atom. The molecule has 1 N–H and O–H groups in total. The Morgan fingerprint density at radius 3 is 2.63 bits per heavy atom. The van der Waals surface area contributed by atoms with Gasteiger partial charge in [-0.25, -0.2) is 4.98 Å². The minimum absolute atomic E-state index is 0.163. The average molecular weight is 301 g/mol. The first-order valence-electron chi connectivity index (χ1n) is 5.56. The summed E-state index contributed by atoms with van der Waals surface area (Å²) >= 11 is 7.19. The van der Waals surface area contributed by atoms with Crippen LogP contribution in [0.15, 0.2) is 4.52 Å². The first-order valence-corrected chi connectivity index (χ1v) is 6.75. The predicted octanol–water partition coefficient (Wildman–Crippen LogP) is 2.53. The van der Waals surface area contributed by atoms with Crippen molar-refractivity contribution in [3.8, 4) is 11.6 Å². The molecule has 0 radical (unpaired) electrons. The van der Waals surface area contributed by atoms with E-state index in [1.165, 1.54) is 18.3 Å². The molecule has 6 nitrogen and oxygen atoms in total. The van der Waals surface area contributed by atoms with E-state index in [4.69, 9.17) is 16.1 Å². The topological polar surface area (TPSA) is 80.9 Å². The molecular weight excluding hydrogens is 288 g/mol. The van der Waals surface area contributed by atoms with Gasteiger partial charge >= 0.3 is 0 Å². The van der Waals surface area contributed by atoms with Crippen LogP contribution in [-0.2, 0) is 10.3 Å². The number of aryl methyl sites for hydroxylation is 1. The van der Waals surface area contributed by atoms with Gasteiger partial charge < -0.3 is 9.84 Å². The first-order chi connectivity index (χ1) is 8.79. The fraction of sp³-hybridized carbons (Fsp3) is 0.455. The van der Waals surface area contributed by atoms with E-state index in [-0.39, 0.29) is 5.91 Å². The van der Waals surface area contributed by atoms with Crippen LogP contribution in [-0.4, -0.2) is 21.0 Å². The minimum atomic E-state index is -0.707. The van der Waals surface area contributed by atoms with Crippen LogP contribution in [0.3, 0.4) is 0 Å². The van der Waals surface area contributed by atoms with Gasteiger partial charge in [-0.3, -0.25) is 4.79 Å². The first kappa shape index (κ1) is 14.0. The van der Waals surface area contributed by atoms with E-state index in [1.54, 1.807) is 13.8 Å². The summed E-state index contributed by atoms with van der Waals surface area (Å²) in [6.45, 7) is 6.91. The molecular formula is C11H13ClN4O2S. The fourth-order valence-corrected chi connectivity index (χ4v) is 2.68. The predicted molar refractivity (Wildman–Crippen MR) is 72.0 cm³/mol. The average Bonchev–Trinajstić information content (AvgIpc) is 2.83. The Kier molecular flexibility index (Phi) is 3.60. The van der Waals surface area contributed by atoms with Crippen LogP contribution in [0.2, 0.25) is 4.47 Å². The smallest absolute Gasteiger partial charge is 0.277 e. The van der Waals surface area contributed by atoms with Crippen LogP contribution in [0.1, 0.15) is 31.5 Å². The summed E-state index contributed by atoms with van der Waals surface area (Å²) in [5.41, 5.74) is -0.131. The van der Waals surface area contributed by atoms with E-state index >= 15 is 0 Å². The van der Waals surface area contributed by atoms with E-state index in [0.717, 1.165) is 4.88 Å². The number of rotatable bonds is 3. The molecule has 1 amide bonds. The summed E-state index contributed by atoms with van der Waals surface area (Å²) in [6, 6.07) is 0. The van der Waals surface area contributed by atoms with Crippen LogP contribution in [0.4, 0.5) is 0 Å². The molecule has 0 unspecified atom stereocenters. The molecule has 2 rings (SSSR count). The second-order valence-electron chi connectivity index (χ2n) is 4.60. The highest BCUT2D eigenvalue weighted by Gasteiger charge is 2.28. The Bertz CT molecular complexity index is 620. The fourth-order valence-electron chi connectivity index (χ4n) is 1.63. The van der Waals surface area contributed by atoms with Gasteiger partial charge in [0.15, 0.2) is 10.3 Å². The molecule has 0 aromatic carbocycles. The summed E-state index contributed by atoms with van der Waals surface area (Å²) in [5, 5.41) is 6.64. The van der Waals surface area contributed by atoms with Gasteiger partial charge in [-0.05, 0) is 20.8 Å². The third-order valence-electron chi connectivity index (χ3n) is 2.45. The lowest BCUT2D eigenvalue weighted by Crippen LogP contribution is -2.40. The SMILES string of the molecule is CC(=O)NC(C)(C)c1noc(-c2nc(Cl)sc2C)n1. The molecule has 0 aliphatic carbocycles. The third kappa shape index (κ3) is 2.93. The van der Waals surface area contributed by atoms with E-state index < -0.39 is 5.54 Å². The zero-order valence-electron chi connectivity index (χ0n) is 10.9. The van der Waals surface area contributed by atoms with Gasteiger partial charge in [-0.15, -0.1) is 11.3 Å². The lowest BCUT2D eigenvalue weighted by atomic mass is 10.1. The zero-order valence-corrected chi connectivity index (χ0v) is 12.5. The van der Waals surface area contributed by atoms with Gasteiger partial charge in [-0.2, -0.15) is 4.98 Å². The second-order valence-corrected chi connectivity index (χ2v) is 6.39. The molecule has 0 saturated heterocycles. The maximum absolute atomic E-state index is 11.1. The van der Waals surface area contributed by atoms with Gasteiger partial charge in [0.05, 0.1) is 5.54 Å². The molecule has 2 aromatic heterocycles. The molecule has 0 saturated carbocycles. The van der Waals surface area contributed by atoms with Crippen molar-refractivity contribution in [1.82, 2.24) is 20.4 Å². The number of nitrogens with zero attached hydrogens (tertiary/aromatic N) is 3. The molecule has 0 bridgehead atoms. The lowest BCUT2D eigenvalue weighted by molar-refractivity contribution is -0.120. The number of thiazole rings is 1. The van der Waals surface area contributed by atoms with Crippen molar-refractivity contribution in [2.45, 2.75) is 33.2 Å². The highest BCUT2D eigenvalue weighted by atomic mass is 35.5. The van der Waals surface area contributed by atoms with Crippen LogP contribution >= 0.6 is 22.9 Å². The summed E-state index contributed by atoms with van der Waals surface area (Å²) in [7, 11) is 0. The molecule has 0 atom stereocenters. The summed E-state index contributed by atoms with van der Waals surface area (Å²) in [4.78, 5) is 20.5. The van der Waals surface area contributed by atoms with Gasteiger partial charge in [0.2, 0.25) is 5.91 Å².